The molecule has 1 atom stereocenters. The quantitative estimate of drug-likeness (QED) is 0.782. The van der Waals surface area contributed by atoms with Crippen LogP contribution in [0.3, 0.4) is 0 Å². The predicted octanol–water partition coefficient (Wildman–Crippen LogP) is 1.46. The number of halogens is 1. The van der Waals surface area contributed by atoms with Crippen LogP contribution < -0.4 is 0 Å². The van der Waals surface area contributed by atoms with Crippen LogP contribution in [-0.2, 0) is 15.6 Å². The lowest BCUT2D eigenvalue weighted by atomic mass is 10.3. The van der Waals surface area contributed by atoms with Gasteiger partial charge in [0.1, 0.15) is 5.75 Å². The summed E-state index contributed by atoms with van der Waals surface area (Å²) in [4.78, 5) is -0.0108. The molecule has 0 aliphatic carbocycles. The zero-order valence-corrected chi connectivity index (χ0v) is 10.3. The summed E-state index contributed by atoms with van der Waals surface area (Å²) in [6.45, 7) is 1.96. The van der Waals surface area contributed by atoms with Crippen molar-refractivity contribution >= 4 is 25.8 Å². The fourth-order valence-electron chi connectivity index (χ4n) is 0.850. The smallest absolute Gasteiger partial charge is 0.231 e. The molecule has 1 heterocycles. The van der Waals surface area contributed by atoms with Gasteiger partial charge in [-0.3, -0.25) is 0 Å². The lowest BCUT2D eigenvalue weighted by Crippen LogP contribution is -2.00. The van der Waals surface area contributed by atoms with Crippen molar-refractivity contribution in [2.75, 3.05) is 6.26 Å². The summed E-state index contributed by atoms with van der Waals surface area (Å²) in [5, 5.41) is 7.39. The van der Waals surface area contributed by atoms with Gasteiger partial charge in [0.25, 0.3) is 0 Å². The largest absolute Gasteiger partial charge is 0.423 e. The van der Waals surface area contributed by atoms with Gasteiger partial charge in [0.15, 0.2) is 9.84 Å². The molecule has 0 N–H and O–H groups in total. The highest BCUT2D eigenvalue weighted by Gasteiger charge is 2.16. The third kappa shape index (κ3) is 3.38. The molecule has 0 aliphatic heterocycles. The molecule has 0 bridgehead atoms. The second-order valence-corrected chi connectivity index (χ2v) is 6.23. The standard InChI is InChI=1S/C7H11BrN2O3S/c1-3-5(8)7-10-9-6(13-7)4-14(2,11)12/h5H,3-4H2,1-2H3. The van der Waals surface area contributed by atoms with Gasteiger partial charge >= 0.3 is 0 Å². The Hall–Kier alpha value is -0.430. The first-order chi connectivity index (χ1) is 6.42. The SMILES string of the molecule is CCC(Br)c1nnc(CS(C)(=O)=O)o1. The summed E-state index contributed by atoms with van der Waals surface area (Å²) < 4.78 is 27.0. The minimum Gasteiger partial charge on any atom is -0.423 e. The lowest BCUT2D eigenvalue weighted by Gasteiger charge is -1.97. The molecule has 0 amide bonds. The van der Waals surface area contributed by atoms with Crippen LogP contribution in [0.15, 0.2) is 4.42 Å². The summed E-state index contributed by atoms with van der Waals surface area (Å²) in [5.41, 5.74) is 0. The van der Waals surface area contributed by atoms with E-state index in [-0.39, 0.29) is 16.5 Å². The topological polar surface area (TPSA) is 73.1 Å². The highest BCUT2D eigenvalue weighted by atomic mass is 79.9. The molecular weight excluding hydrogens is 272 g/mol. The van der Waals surface area contributed by atoms with Crippen molar-refractivity contribution in [3.05, 3.63) is 11.8 Å². The zero-order chi connectivity index (χ0) is 10.8. The molecule has 0 radical (unpaired) electrons. The first-order valence-electron chi connectivity index (χ1n) is 4.06. The van der Waals surface area contributed by atoms with Crippen molar-refractivity contribution in [3.63, 3.8) is 0 Å². The maximum atomic E-state index is 10.9. The molecule has 1 aromatic rings. The Morgan fingerprint density at radius 2 is 2.14 bits per heavy atom. The highest BCUT2D eigenvalue weighted by Crippen LogP contribution is 2.24. The normalized spacial score (nSPS) is 14.2. The first-order valence-corrected chi connectivity index (χ1v) is 7.04. The summed E-state index contributed by atoms with van der Waals surface area (Å²) in [5.74, 6) is 0.357. The number of rotatable bonds is 4. The van der Waals surface area contributed by atoms with Crippen LogP contribution in [0.1, 0.15) is 30.0 Å². The number of nitrogens with zero attached hydrogens (tertiary/aromatic N) is 2. The van der Waals surface area contributed by atoms with Crippen molar-refractivity contribution in [2.24, 2.45) is 0 Å². The van der Waals surface area contributed by atoms with E-state index in [0.717, 1.165) is 12.7 Å². The average Bonchev–Trinajstić information content (AvgIpc) is 2.48. The van der Waals surface area contributed by atoms with E-state index in [9.17, 15) is 8.42 Å². The van der Waals surface area contributed by atoms with Crippen molar-refractivity contribution in [1.82, 2.24) is 10.2 Å². The summed E-state index contributed by atoms with van der Waals surface area (Å²) in [7, 11) is -3.11. The Bertz CT molecular complexity index is 401. The Morgan fingerprint density at radius 1 is 1.50 bits per heavy atom. The number of aromatic nitrogens is 2. The number of hydrogen-bond acceptors (Lipinski definition) is 5. The van der Waals surface area contributed by atoms with Crippen LogP contribution in [-0.4, -0.2) is 24.9 Å². The molecule has 7 heteroatoms. The van der Waals surface area contributed by atoms with Gasteiger partial charge in [0.05, 0.1) is 4.83 Å². The number of hydrogen-bond donors (Lipinski definition) is 0. The molecule has 0 fully saturated rings. The van der Waals surface area contributed by atoms with Gasteiger partial charge in [-0.15, -0.1) is 10.2 Å². The lowest BCUT2D eigenvalue weighted by molar-refractivity contribution is 0.457. The van der Waals surface area contributed by atoms with Crippen LogP contribution in [0.2, 0.25) is 0 Å². The van der Waals surface area contributed by atoms with E-state index in [1.165, 1.54) is 0 Å². The summed E-state index contributed by atoms with van der Waals surface area (Å²) in [6.07, 6.45) is 1.93. The fraction of sp³-hybridized carbons (Fsp3) is 0.714. The Balaban J connectivity index is 2.79. The van der Waals surface area contributed by atoms with Crippen LogP contribution in [0.4, 0.5) is 0 Å². The molecule has 0 spiro atoms. The minimum absolute atomic E-state index is 0.0108. The average molecular weight is 283 g/mol. The van der Waals surface area contributed by atoms with Crippen molar-refractivity contribution in [2.45, 2.75) is 23.9 Å². The molecule has 1 rings (SSSR count). The molecule has 0 aromatic carbocycles. The predicted molar refractivity (Wildman–Crippen MR) is 54.8 cm³/mol. The van der Waals surface area contributed by atoms with Gasteiger partial charge in [-0.2, -0.15) is 0 Å². The Kier molecular flexibility index (Phi) is 3.65. The van der Waals surface area contributed by atoms with Crippen LogP contribution in [0.5, 0.6) is 0 Å². The van der Waals surface area contributed by atoms with Gasteiger partial charge in [-0.05, 0) is 6.42 Å². The van der Waals surface area contributed by atoms with E-state index in [1.807, 2.05) is 6.92 Å². The molecule has 1 unspecified atom stereocenters. The van der Waals surface area contributed by atoms with Crippen LogP contribution in [0, 0.1) is 0 Å². The molecule has 5 nitrogen and oxygen atoms in total. The summed E-state index contributed by atoms with van der Waals surface area (Å²) in [6, 6.07) is 0. The van der Waals surface area contributed by atoms with Crippen molar-refractivity contribution < 1.29 is 12.8 Å². The minimum atomic E-state index is -3.11. The van der Waals surface area contributed by atoms with E-state index in [1.54, 1.807) is 0 Å². The molecule has 1 aromatic heterocycles. The van der Waals surface area contributed by atoms with Gasteiger partial charge in [-0.1, -0.05) is 22.9 Å². The van der Waals surface area contributed by atoms with E-state index in [4.69, 9.17) is 4.42 Å². The third-order valence-electron chi connectivity index (χ3n) is 1.49. The van der Waals surface area contributed by atoms with Gasteiger partial charge in [0, 0.05) is 6.26 Å². The van der Waals surface area contributed by atoms with Gasteiger partial charge in [-0.25, -0.2) is 8.42 Å². The number of sulfone groups is 1. The van der Waals surface area contributed by atoms with Gasteiger partial charge < -0.3 is 4.42 Å². The summed E-state index contributed by atoms with van der Waals surface area (Å²) >= 11 is 3.33. The molecule has 80 valence electrons. The molecule has 0 saturated carbocycles. The maximum Gasteiger partial charge on any atom is 0.231 e. The van der Waals surface area contributed by atoms with E-state index < -0.39 is 9.84 Å². The third-order valence-corrected chi connectivity index (χ3v) is 3.30. The molecular formula is C7H11BrN2O3S. The van der Waals surface area contributed by atoms with E-state index in [0.29, 0.717) is 5.89 Å². The molecule has 0 aliphatic rings. The fourth-order valence-corrected chi connectivity index (χ4v) is 1.60. The number of alkyl halides is 1. The van der Waals surface area contributed by atoms with Crippen LogP contribution in [0.25, 0.3) is 0 Å². The zero-order valence-electron chi connectivity index (χ0n) is 7.90. The molecule has 14 heavy (non-hydrogen) atoms. The monoisotopic (exact) mass is 282 g/mol. The Morgan fingerprint density at radius 3 is 2.64 bits per heavy atom. The van der Waals surface area contributed by atoms with E-state index in [2.05, 4.69) is 26.1 Å². The maximum absolute atomic E-state index is 10.9. The molecule has 0 saturated heterocycles. The Labute approximate surface area is 91.0 Å². The second-order valence-electron chi connectivity index (χ2n) is 2.98. The van der Waals surface area contributed by atoms with Gasteiger partial charge in [0.2, 0.25) is 11.8 Å². The first kappa shape index (κ1) is 11.6. The van der Waals surface area contributed by atoms with Crippen molar-refractivity contribution in [3.8, 4) is 0 Å². The highest BCUT2D eigenvalue weighted by molar-refractivity contribution is 9.09. The van der Waals surface area contributed by atoms with Crippen LogP contribution >= 0.6 is 15.9 Å². The van der Waals surface area contributed by atoms with E-state index >= 15 is 0 Å². The van der Waals surface area contributed by atoms with Crippen molar-refractivity contribution in [1.29, 1.82) is 0 Å². The second kappa shape index (κ2) is 4.39.